The van der Waals surface area contributed by atoms with Crippen LogP contribution in [0.2, 0.25) is 0 Å². The summed E-state index contributed by atoms with van der Waals surface area (Å²) in [4.78, 5) is 20.5. The van der Waals surface area contributed by atoms with E-state index in [0.717, 1.165) is 0 Å². The quantitative estimate of drug-likeness (QED) is 0.670. The second-order valence-electron chi connectivity index (χ2n) is 6.22. The number of aromatic nitrogens is 2. The van der Waals surface area contributed by atoms with Gasteiger partial charge in [-0.05, 0) is 56.3 Å². The Morgan fingerprint density at radius 3 is 2.41 bits per heavy atom. The fourth-order valence-corrected chi connectivity index (χ4v) is 3.61. The molecule has 0 saturated heterocycles. The molecular formula is C20H17N5O3S. The first-order valence-electron chi connectivity index (χ1n) is 8.53. The summed E-state index contributed by atoms with van der Waals surface area (Å²) in [5.74, 6) is 0.244. The Hall–Kier alpha value is -3.77. The van der Waals surface area contributed by atoms with Crippen molar-refractivity contribution in [3.05, 3.63) is 77.2 Å². The molecule has 1 heterocycles. The van der Waals surface area contributed by atoms with Crippen LogP contribution in [0.5, 0.6) is 0 Å². The van der Waals surface area contributed by atoms with Gasteiger partial charge >= 0.3 is 0 Å². The number of sulfonamides is 1. The van der Waals surface area contributed by atoms with Crippen molar-refractivity contribution in [2.24, 2.45) is 0 Å². The van der Waals surface area contributed by atoms with Gasteiger partial charge in [0, 0.05) is 23.0 Å². The SMILES string of the molecule is Cc1cc(NS(=O)(=O)c2ccc(NC(=O)c3cccc(C#N)c3)cc2)nc(C)n1. The summed E-state index contributed by atoms with van der Waals surface area (Å²) in [6.45, 7) is 3.42. The molecule has 0 radical (unpaired) electrons. The van der Waals surface area contributed by atoms with Gasteiger partial charge in [-0.25, -0.2) is 18.4 Å². The molecule has 29 heavy (non-hydrogen) atoms. The third-order valence-electron chi connectivity index (χ3n) is 3.88. The average molecular weight is 407 g/mol. The van der Waals surface area contributed by atoms with Crippen LogP contribution in [0.25, 0.3) is 0 Å². The normalized spacial score (nSPS) is 10.8. The van der Waals surface area contributed by atoms with Crippen LogP contribution >= 0.6 is 0 Å². The van der Waals surface area contributed by atoms with Crippen molar-refractivity contribution in [3.8, 4) is 6.07 Å². The van der Waals surface area contributed by atoms with E-state index in [-0.39, 0.29) is 10.7 Å². The van der Waals surface area contributed by atoms with E-state index >= 15 is 0 Å². The summed E-state index contributed by atoms with van der Waals surface area (Å²) in [6, 6.07) is 15.5. The number of carbonyl (C=O) groups is 1. The highest BCUT2D eigenvalue weighted by atomic mass is 32.2. The van der Waals surface area contributed by atoms with Gasteiger partial charge < -0.3 is 5.32 Å². The number of nitrogens with zero attached hydrogens (tertiary/aromatic N) is 3. The number of amides is 1. The highest BCUT2D eigenvalue weighted by molar-refractivity contribution is 7.92. The van der Waals surface area contributed by atoms with Gasteiger partial charge in [-0.15, -0.1) is 0 Å². The lowest BCUT2D eigenvalue weighted by Gasteiger charge is -2.10. The van der Waals surface area contributed by atoms with Crippen molar-refractivity contribution in [1.29, 1.82) is 5.26 Å². The maximum absolute atomic E-state index is 12.6. The van der Waals surface area contributed by atoms with E-state index in [1.54, 1.807) is 32.0 Å². The van der Waals surface area contributed by atoms with Crippen LogP contribution in [0.4, 0.5) is 11.5 Å². The standard InChI is InChI=1S/C20H17N5O3S/c1-13-10-19(23-14(2)22-13)25-29(27,28)18-8-6-17(7-9-18)24-20(26)16-5-3-4-15(11-16)12-21/h3-11H,1-2H3,(H,24,26)(H,22,23,25). The number of nitriles is 1. The first-order chi connectivity index (χ1) is 13.8. The molecule has 3 aromatic rings. The minimum atomic E-state index is -3.84. The number of hydrogen-bond acceptors (Lipinski definition) is 6. The number of aryl methyl sites for hydroxylation is 2. The van der Waals surface area contributed by atoms with E-state index in [0.29, 0.717) is 28.3 Å². The summed E-state index contributed by atoms with van der Waals surface area (Å²) in [7, 11) is -3.84. The predicted octanol–water partition coefficient (Wildman–Crippen LogP) is 3.02. The Morgan fingerprint density at radius 1 is 1.03 bits per heavy atom. The lowest BCUT2D eigenvalue weighted by molar-refractivity contribution is 0.102. The van der Waals surface area contributed by atoms with Crippen LogP contribution < -0.4 is 10.0 Å². The molecule has 0 fully saturated rings. The molecule has 0 aliphatic heterocycles. The zero-order valence-electron chi connectivity index (χ0n) is 15.7. The van der Waals surface area contributed by atoms with Crippen LogP contribution in [0.15, 0.2) is 59.5 Å². The average Bonchev–Trinajstić information content (AvgIpc) is 2.67. The molecule has 0 unspecified atom stereocenters. The van der Waals surface area contributed by atoms with Crippen molar-refractivity contribution < 1.29 is 13.2 Å². The first-order valence-corrected chi connectivity index (χ1v) is 10.0. The molecule has 8 nitrogen and oxygen atoms in total. The van der Waals surface area contributed by atoms with Crippen LogP contribution in [-0.4, -0.2) is 24.3 Å². The lowest BCUT2D eigenvalue weighted by atomic mass is 10.1. The summed E-state index contributed by atoms with van der Waals surface area (Å²) in [5.41, 5.74) is 1.77. The molecule has 2 aromatic carbocycles. The molecule has 0 atom stereocenters. The third-order valence-corrected chi connectivity index (χ3v) is 5.25. The topological polar surface area (TPSA) is 125 Å². The van der Waals surface area contributed by atoms with Gasteiger partial charge in [0.2, 0.25) is 0 Å². The van der Waals surface area contributed by atoms with E-state index < -0.39 is 15.9 Å². The number of benzene rings is 2. The molecule has 2 N–H and O–H groups in total. The monoisotopic (exact) mass is 407 g/mol. The molecule has 0 spiro atoms. The molecule has 1 aromatic heterocycles. The van der Waals surface area contributed by atoms with E-state index in [2.05, 4.69) is 20.0 Å². The highest BCUT2D eigenvalue weighted by Gasteiger charge is 2.16. The van der Waals surface area contributed by atoms with Crippen LogP contribution in [0.1, 0.15) is 27.4 Å². The van der Waals surface area contributed by atoms with E-state index in [1.807, 2.05) is 6.07 Å². The first kappa shape index (κ1) is 20.0. The number of nitrogens with one attached hydrogen (secondary N) is 2. The van der Waals surface area contributed by atoms with Gasteiger partial charge in [0.1, 0.15) is 11.6 Å². The Labute approximate surface area is 168 Å². The molecule has 0 bridgehead atoms. The van der Waals surface area contributed by atoms with Gasteiger partial charge in [-0.1, -0.05) is 6.07 Å². The maximum Gasteiger partial charge on any atom is 0.263 e. The van der Waals surface area contributed by atoms with Gasteiger partial charge in [0.25, 0.3) is 15.9 Å². The van der Waals surface area contributed by atoms with E-state index in [4.69, 9.17) is 5.26 Å². The number of hydrogen-bond donors (Lipinski definition) is 2. The largest absolute Gasteiger partial charge is 0.322 e. The van der Waals surface area contributed by atoms with E-state index in [1.165, 1.54) is 36.4 Å². The van der Waals surface area contributed by atoms with Gasteiger partial charge in [0.05, 0.1) is 16.5 Å². The Balaban J connectivity index is 1.75. The zero-order valence-corrected chi connectivity index (χ0v) is 16.5. The van der Waals surface area contributed by atoms with Crippen molar-refractivity contribution in [1.82, 2.24) is 9.97 Å². The van der Waals surface area contributed by atoms with Gasteiger partial charge in [-0.2, -0.15) is 5.26 Å². The second kappa shape index (κ2) is 8.08. The molecule has 9 heteroatoms. The smallest absolute Gasteiger partial charge is 0.263 e. The second-order valence-corrected chi connectivity index (χ2v) is 7.90. The van der Waals surface area contributed by atoms with Gasteiger partial charge in [-0.3, -0.25) is 9.52 Å². The van der Waals surface area contributed by atoms with Crippen molar-refractivity contribution in [2.75, 3.05) is 10.0 Å². The van der Waals surface area contributed by atoms with Crippen LogP contribution in [0.3, 0.4) is 0 Å². The molecule has 146 valence electrons. The predicted molar refractivity (Wildman–Crippen MR) is 108 cm³/mol. The molecule has 0 saturated carbocycles. The molecule has 0 aliphatic rings. The summed E-state index contributed by atoms with van der Waals surface area (Å²) >= 11 is 0. The zero-order chi connectivity index (χ0) is 21.0. The summed E-state index contributed by atoms with van der Waals surface area (Å²) < 4.78 is 27.5. The molecule has 3 rings (SSSR count). The minimum Gasteiger partial charge on any atom is -0.322 e. The minimum absolute atomic E-state index is 0.0240. The highest BCUT2D eigenvalue weighted by Crippen LogP contribution is 2.18. The van der Waals surface area contributed by atoms with Crippen molar-refractivity contribution in [3.63, 3.8) is 0 Å². The van der Waals surface area contributed by atoms with Crippen molar-refractivity contribution in [2.45, 2.75) is 18.7 Å². The third kappa shape index (κ3) is 4.94. The number of anilines is 2. The van der Waals surface area contributed by atoms with Gasteiger partial charge in [0.15, 0.2) is 0 Å². The Morgan fingerprint density at radius 2 is 1.76 bits per heavy atom. The number of carbonyl (C=O) groups excluding carboxylic acids is 1. The Kier molecular flexibility index (Phi) is 5.57. The molecular weight excluding hydrogens is 390 g/mol. The van der Waals surface area contributed by atoms with Crippen LogP contribution in [0, 0.1) is 25.2 Å². The van der Waals surface area contributed by atoms with Crippen LogP contribution in [-0.2, 0) is 10.0 Å². The lowest BCUT2D eigenvalue weighted by Crippen LogP contribution is -2.15. The maximum atomic E-state index is 12.6. The molecule has 1 amide bonds. The van der Waals surface area contributed by atoms with Crippen molar-refractivity contribution >= 4 is 27.4 Å². The molecule has 0 aliphatic carbocycles. The fraction of sp³-hybridized carbons (Fsp3) is 0.100. The fourth-order valence-electron chi connectivity index (χ4n) is 2.62. The van der Waals surface area contributed by atoms with E-state index in [9.17, 15) is 13.2 Å². The Bertz CT molecular complexity index is 1200. The number of rotatable bonds is 5. The summed E-state index contributed by atoms with van der Waals surface area (Å²) in [5, 5.41) is 11.6. The summed E-state index contributed by atoms with van der Waals surface area (Å²) in [6.07, 6.45) is 0.